The molecule has 0 aliphatic heterocycles. The van der Waals surface area contributed by atoms with Gasteiger partial charge in [-0.3, -0.25) is 4.57 Å². The summed E-state index contributed by atoms with van der Waals surface area (Å²) < 4.78 is 28.4. The molecule has 15 heavy (non-hydrogen) atoms. The summed E-state index contributed by atoms with van der Waals surface area (Å²) in [5, 5.41) is 0. The van der Waals surface area contributed by atoms with Crippen LogP contribution in [-0.4, -0.2) is 16.9 Å². The molecule has 0 N–H and O–H groups in total. The van der Waals surface area contributed by atoms with Crippen LogP contribution in [0.3, 0.4) is 0 Å². The van der Waals surface area contributed by atoms with Gasteiger partial charge in [-0.25, -0.2) is 0 Å². The summed E-state index contributed by atoms with van der Waals surface area (Å²) in [5.74, 6) is 0. The molecule has 0 amide bonds. The second kappa shape index (κ2) is 8.43. The summed E-state index contributed by atoms with van der Waals surface area (Å²) in [6.07, 6.45) is 0. The predicted molar refractivity (Wildman–Crippen MR) is 49.8 cm³/mol. The quantitative estimate of drug-likeness (QED) is 0.263. The fraction of sp³-hybridized carbons (Fsp3) is 1.00. The number of hydrogen-bond acceptors (Lipinski definition) is 6. The Kier molecular flexibility index (Phi) is 13.1. The Hall–Kier alpha value is 3.26. The van der Waals surface area contributed by atoms with E-state index in [1.807, 2.05) is 0 Å². The average Bonchev–Trinajstić information content (AvgIpc) is 2.00. The molecule has 0 aromatic heterocycles. The van der Waals surface area contributed by atoms with Crippen molar-refractivity contribution in [1.29, 1.82) is 0 Å². The van der Waals surface area contributed by atoms with Crippen LogP contribution in [0, 0.1) is 0 Å². The molecule has 0 aliphatic rings. The predicted octanol–water partition coefficient (Wildman–Crippen LogP) is -5.20. The molecule has 0 bridgehead atoms. The molecular formula is C3H6Br2Na2O6P2. The summed E-state index contributed by atoms with van der Waals surface area (Å²) in [6, 6.07) is 0. The van der Waals surface area contributed by atoms with Crippen LogP contribution in [0.2, 0.25) is 0 Å². The van der Waals surface area contributed by atoms with Crippen molar-refractivity contribution in [2.75, 3.05) is 14.2 Å². The Morgan fingerprint density at radius 1 is 1.07 bits per heavy atom. The standard InChI is InChI=1S/C3H8Br2O6P2.2Na/c1-10-13(9,11-2)3(4,5)12(6,7)8;;/h1-2H3,(H2,6,7,8);;/q;2*+1/p-2. The van der Waals surface area contributed by atoms with E-state index in [0.29, 0.717) is 0 Å². The summed E-state index contributed by atoms with van der Waals surface area (Å²) in [6.45, 7) is 0. The Labute approximate surface area is 149 Å². The fourth-order valence-corrected chi connectivity index (χ4v) is 4.46. The summed E-state index contributed by atoms with van der Waals surface area (Å²) in [4.78, 5) is 21.3. The minimum Gasteiger partial charge on any atom is -0.809 e. The molecule has 0 aromatic rings. The molecule has 0 fully saturated rings. The van der Waals surface area contributed by atoms with Gasteiger partial charge in [0, 0.05) is 14.2 Å². The van der Waals surface area contributed by atoms with Crippen LogP contribution in [0.4, 0.5) is 0 Å². The first-order valence-electron chi connectivity index (χ1n) is 2.74. The zero-order valence-corrected chi connectivity index (χ0v) is 17.6. The SMILES string of the molecule is COP(=O)(OC)C(Br)(Br)P(=O)([O-])[O-].[Na+].[Na+]. The van der Waals surface area contributed by atoms with Gasteiger partial charge in [0.25, 0.3) is 0 Å². The van der Waals surface area contributed by atoms with Crippen LogP contribution in [0.15, 0.2) is 0 Å². The van der Waals surface area contributed by atoms with Crippen molar-refractivity contribution in [2.45, 2.75) is 2.72 Å². The largest absolute Gasteiger partial charge is 1.00 e. The maximum atomic E-state index is 11.5. The maximum absolute atomic E-state index is 11.5. The van der Waals surface area contributed by atoms with Crippen molar-refractivity contribution in [1.82, 2.24) is 0 Å². The molecule has 80 valence electrons. The number of hydrogen-bond donors (Lipinski definition) is 0. The van der Waals surface area contributed by atoms with Gasteiger partial charge in [0.1, 0.15) is 0 Å². The van der Waals surface area contributed by atoms with Crippen LogP contribution in [0.1, 0.15) is 0 Å². The molecule has 12 heteroatoms. The second-order valence-corrected chi connectivity index (χ2v) is 12.2. The Morgan fingerprint density at radius 3 is 1.40 bits per heavy atom. The van der Waals surface area contributed by atoms with Gasteiger partial charge in [-0.05, 0) is 7.60 Å². The topological polar surface area (TPSA) is 98.7 Å². The fourth-order valence-electron chi connectivity index (χ4n) is 0.444. The van der Waals surface area contributed by atoms with Gasteiger partial charge in [0.15, 0.2) is 0 Å². The molecule has 0 spiro atoms. The van der Waals surface area contributed by atoms with Crippen molar-refractivity contribution in [3.05, 3.63) is 0 Å². The van der Waals surface area contributed by atoms with E-state index < -0.39 is 17.9 Å². The van der Waals surface area contributed by atoms with Crippen molar-refractivity contribution in [3.63, 3.8) is 0 Å². The van der Waals surface area contributed by atoms with Gasteiger partial charge in [0.2, 0.25) is 2.72 Å². The smallest absolute Gasteiger partial charge is 0.809 e. The third-order valence-corrected chi connectivity index (χ3v) is 10.1. The molecule has 0 radical (unpaired) electrons. The third-order valence-electron chi connectivity index (χ3n) is 1.14. The molecule has 0 atom stereocenters. The van der Waals surface area contributed by atoms with Gasteiger partial charge in [-0.15, -0.1) is 0 Å². The van der Waals surface area contributed by atoms with Gasteiger partial charge in [0.05, 0.1) is 0 Å². The minimum absolute atomic E-state index is 0. The van der Waals surface area contributed by atoms with E-state index in [1.54, 1.807) is 0 Å². The minimum atomic E-state index is -5.20. The average molecular weight is 406 g/mol. The third kappa shape index (κ3) is 5.41. The summed E-state index contributed by atoms with van der Waals surface area (Å²) in [5.41, 5.74) is 0. The molecule has 0 rings (SSSR count). The molecule has 0 saturated carbocycles. The normalized spacial score (nSPS) is 12.7. The van der Waals surface area contributed by atoms with Crippen molar-refractivity contribution in [2.24, 2.45) is 0 Å². The van der Waals surface area contributed by atoms with E-state index in [1.165, 1.54) is 0 Å². The van der Waals surface area contributed by atoms with Crippen LogP contribution in [0.5, 0.6) is 0 Å². The van der Waals surface area contributed by atoms with Crippen molar-refractivity contribution in [3.8, 4) is 0 Å². The van der Waals surface area contributed by atoms with Crippen LogP contribution < -0.4 is 68.9 Å². The van der Waals surface area contributed by atoms with Crippen LogP contribution in [0.25, 0.3) is 0 Å². The van der Waals surface area contributed by atoms with Gasteiger partial charge in [-0.1, -0.05) is 31.9 Å². The van der Waals surface area contributed by atoms with Crippen LogP contribution in [-0.2, 0) is 18.2 Å². The van der Waals surface area contributed by atoms with Crippen LogP contribution >= 0.6 is 47.1 Å². The molecule has 0 unspecified atom stereocenters. The first kappa shape index (κ1) is 23.4. The Bertz CT molecular complexity index is 272. The van der Waals surface area contributed by atoms with E-state index in [9.17, 15) is 18.9 Å². The van der Waals surface area contributed by atoms with E-state index >= 15 is 0 Å². The Morgan fingerprint density at radius 2 is 1.33 bits per heavy atom. The first-order valence-corrected chi connectivity index (χ1v) is 7.41. The maximum Gasteiger partial charge on any atom is 1.00 e. The molecular weight excluding hydrogens is 400 g/mol. The second-order valence-electron chi connectivity index (χ2n) is 1.87. The van der Waals surface area contributed by atoms with E-state index in [-0.39, 0.29) is 59.1 Å². The molecule has 0 aliphatic carbocycles. The van der Waals surface area contributed by atoms with Gasteiger partial charge >= 0.3 is 66.7 Å². The van der Waals surface area contributed by atoms with Gasteiger partial charge < -0.3 is 23.4 Å². The van der Waals surface area contributed by atoms with Crippen molar-refractivity contribution >= 4 is 47.1 Å². The monoisotopic (exact) mass is 404 g/mol. The molecule has 0 aromatic carbocycles. The summed E-state index contributed by atoms with van der Waals surface area (Å²) >= 11 is 4.92. The summed E-state index contributed by atoms with van der Waals surface area (Å²) in [7, 11) is -7.32. The number of halogens is 2. The number of alkyl halides is 2. The van der Waals surface area contributed by atoms with E-state index in [4.69, 9.17) is 0 Å². The zero-order chi connectivity index (χ0) is 10.9. The van der Waals surface area contributed by atoms with E-state index in [2.05, 4.69) is 40.9 Å². The van der Waals surface area contributed by atoms with Crippen molar-refractivity contribution < 1.29 is 87.1 Å². The Balaban J connectivity index is -0.000000720. The molecule has 0 heterocycles. The molecule has 6 nitrogen and oxygen atoms in total. The zero-order valence-electron chi connectivity index (χ0n) is 8.60. The first-order chi connectivity index (χ1) is 5.62. The van der Waals surface area contributed by atoms with E-state index in [0.717, 1.165) is 14.2 Å². The molecule has 0 saturated heterocycles. The number of rotatable bonds is 4. The van der Waals surface area contributed by atoms with Gasteiger partial charge in [-0.2, -0.15) is 0 Å².